The van der Waals surface area contributed by atoms with E-state index in [2.05, 4.69) is 20.3 Å². The summed E-state index contributed by atoms with van der Waals surface area (Å²) in [5, 5.41) is 16.2. The van der Waals surface area contributed by atoms with E-state index in [9.17, 15) is 9.90 Å². The highest BCUT2D eigenvalue weighted by atomic mass is 32.1. The van der Waals surface area contributed by atoms with Gasteiger partial charge in [0, 0.05) is 5.38 Å². The Labute approximate surface area is 201 Å². The number of carbonyl (C=O) groups is 1. The number of fused-ring (bicyclic) bond motifs is 1. The van der Waals surface area contributed by atoms with Crippen molar-refractivity contribution in [3.63, 3.8) is 0 Å². The Morgan fingerprint density at radius 1 is 1.21 bits per heavy atom. The van der Waals surface area contributed by atoms with Crippen LogP contribution in [0.25, 0.3) is 10.9 Å². The topological polar surface area (TPSA) is 110 Å². The molecule has 2 aromatic heterocycles. The van der Waals surface area contributed by atoms with Crippen molar-refractivity contribution in [1.29, 1.82) is 0 Å². The second-order valence-corrected chi connectivity index (χ2v) is 8.27. The third kappa shape index (κ3) is 5.66. The summed E-state index contributed by atoms with van der Waals surface area (Å²) in [6.07, 6.45) is 0.412. The van der Waals surface area contributed by atoms with Gasteiger partial charge < -0.3 is 15.2 Å². The zero-order chi connectivity index (χ0) is 23.9. The molecule has 4 aromatic rings. The normalized spacial score (nSPS) is 11.9. The third-order valence-electron chi connectivity index (χ3n) is 4.90. The molecule has 0 bridgehead atoms. The molecule has 1 amide bonds. The van der Waals surface area contributed by atoms with Crippen LogP contribution in [0, 0.1) is 6.92 Å². The highest BCUT2D eigenvalue weighted by Gasteiger charge is 2.20. The Kier molecular flexibility index (Phi) is 7.63. The summed E-state index contributed by atoms with van der Waals surface area (Å²) < 4.78 is 5.98. The highest BCUT2D eigenvalue weighted by molar-refractivity contribution is 7.07. The molecule has 0 spiro atoms. The van der Waals surface area contributed by atoms with Crippen LogP contribution in [-0.4, -0.2) is 45.2 Å². The Morgan fingerprint density at radius 3 is 2.82 bits per heavy atom. The van der Waals surface area contributed by atoms with Gasteiger partial charge in [0.05, 0.1) is 34.3 Å². The smallest absolute Gasteiger partial charge is 0.248 e. The number of ether oxygens (including phenoxy) is 1. The maximum Gasteiger partial charge on any atom is 0.248 e. The number of aliphatic hydroxyl groups excluding tert-OH is 1. The molecular weight excluding hydrogens is 454 g/mol. The van der Waals surface area contributed by atoms with Gasteiger partial charge in [0.1, 0.15) is 31.4 Å². The van der Waals surface area contributed by atoms with Crippen LogP contribution in [0.1, 0.15) is 18.2 Å². The van der Waals surface area contributed by atoms with Crippen LogP contribution < -0.4 is 15.1 Å². The largest absolute Gasteiger partial charge is 0.491 e. The van der Waals surface area contributed by atoms with Crippen LogP contribution in [0.2, 0.25) is 0 Å². The highest BCUT2D eigenvalue weighted by Crippen LogP contribution is 2.36. The lowest BCUT2D eigenvalue weighted by Crippen LogP contribution is -2.35. The first-order valence-electron chi connectivity index (χ1n) is 10.7. The number of aromatic nitrogens is 3. The van der Waals surface area contributed by atoms with Gasteiger partial charge >= 0.3 is 0 Å². The quantitative estimate of drug-likeness (QED) is 0.263. The van der Waals surface area contributed by atoms with Crippen LogP contribution >= 0.6 is 11.3 Å². The van der Waals surface area contributed by atoms with Crippen molar-refractivity contribution in [3.8, 4) is 5.75 Å². The molecule has 1 atom stereocenters. The van der Waals surface area contributed by atoms with Gasteiger partial charge in [-0.3, -0.25) is 9.63 Å². The van der Waals surface area contributed by atoms with Gasteiger partial charge in [-0.25, -0.2) is 20.0 Å². The number of aliphatic hydroxyl groups is 1. The Morgan fingerprint density at radius 2 is 2.06 bits per heavy atom. The summed E-state index contributed by atoms with van der Waals surface area (Å²) in [6, 6.07) is 13.4. The summed E-state index contributed by atoms with van der Waals surface area (Å²) in [5.74, 6) is 0.621. The lowest BCUT2D eigenvalue weighted by atomic mass is 10.2. The van der Waals surface area contributed by atoms with Crippen LogP contribution in [0.3, 0.4) is 0 Å². The fourth-order valence-electron chi connectivity index (χ4n) is 3.27. The summed E-state index contributed by atoms with van der Waals surface area (Å²) in [7, 11) is 0. The van der Waals surface area contributed by atoms with Gasteiger partial charge in [-0.2, -0.15) is 0 Å². The Balaban J connectivity index is 1.67. The van der Waals surface area contributed by atoms with Crippen LogP contribution in [0.15, 0.2) is 59.7 Å². The molecule has 10 heteroatoms. The number of amides is 1. The van der Waals surface area contributed by atoms with Gasteiger partial charge in [-0.1, -0.05) is 18.2 Å². The number of hydrogen-bond acceptors (Lipinski definition) is 9. The summed E-state index contributed by atoms with van der Waals surface area (Å²) in [6.45, 7) is 4.13. The van der Waals surface area contributed by atoms with Crippen molar-refractivity contribution in [1.82, 2.24) is 20.3 Å². The van der Waals surface area contributed by atoms with Crippen molar-refractivity contribution in [3.05, 3.63) is 70.9 Å². The second kappa shape index (κ2) is 11.0. The van der Waals surface area contributed by atoms with E-state index in [1.54, 1.807) is 10.6 Å². The molecule has 4 rings (SSSR count). The molecule has 0 saturated heterocycles. The molecule has 0 saturated carbocycles. The molecule has 0 aliphatic rings. The molecule has 1 unspecified atom stereocenters. The number of rotatable bonds is 10. The van der Waals surface area contributed by atoms with E-state index in [0.717, 1.165) is 16.9 Å². The number of anilines is 2. The van der Waals surface area contributed by atoms with Crippen molar-refractivity contribution in [2.45, 2.75) is 26.6 Å². The number of hydrogen-bond donors (Lipinski definition) is 2. The van der Waals surface area contributed by atoms with Crippen LogP contribution in [0.4, 0.5) is 11.5 Å². The predicted octanol–water partition coefficient (Wildman–Crippen LogP) is 3.54. The van der Waals surface area contributed by atoms with E-state index in [1.165, 1.54) is 24.6 Å². The minimum absolute atomic E-state index is 0.204. The number of benzene rings is 2. The van der Waals surface area contributed by atoms with Crippen molar-refractivity contribution in [2.24, 2.45) is 0 Å². The molecule has 0 radical (unpaired) electrons. The van der Waals surface area contributed by atoms with E-state index in [-0.39, 0.29) is 19.8 Å². The molecule has 2 heterocycles. The summed E-state index contributed by atoms with van der Waals surface area (Å²) in [5.41, 5.74) is 5.13. The molecule has 2 aromatic carbocycles. The molecular formula is C24H25N5O4S. The molecule has 176 valence electrons. The average Bonchev–Trinajstić information content (AvgIpc) is 3.35. The lowest BCUT2D eigenvalue weighted by Gasteiger charge is -2.24. The fourth-order valence-corrected chi connectivity index (χ4v) is 3.81. The number of nitrogens with one attached hydrogen (secondary N) is 1. The minimum atomic E-state index is -1.07. The average molecular weight is 480 g/mol. The Hall–Kier alpha value is -3.60. The van der Waals surface area contributed by atoms with Crippen molar-refractivity contribution < 1.29 is 19.5 Å². The fraction of sp³-hybridized carbons (Fsp3) is 0.250. The number of carbonyl (C=O) groups excluding carboxylic acids is 1. The first-order chi connectivity index (χ1) is 16.5. The summed E-state index contributed by atoms with van der Waals surface area (Å²) >= 11 is 1.50. The number of nitrogens with zero attached hydrogens (tertiary/aromatic N) is 4. The van der Waals surface area contributed by atoms with Crippen LogP contribution in [-0.2, 0) is 16.2 Å². The van der Waals surface area contributed by atoms with Crippen molar-refractivity contribution >= 4 is 39.7 Å². The second-order valence-electron chi connectivity index (χ2n) is 7.55. The molecule has 0 fully saturated rings. The van der Waals surface area contributed by atoms with E-state index in [4.69, 9.17) is 9.57 Å². The van der Waals surface area contributed by atoms with Gasteiger partial charge in [0.15, 0.2) is 5.82 Å². The standard InChI is InChI=1S/C24H25N5O4S/c1-16-5-3-6-19(11-16)29(33-12-18-13-34-15-28-18)23-22-20(26-14-27-23)7-4-8-21(22)32-10-9-25-24(31)17(2)30/h3-8,11,13-15,17,30H,9-10,12H2,1-2H3,(H,25,31). The van der Waals surface area contributed by atoms with Crippen LogP contribution in [0.5, 0.6) is 5.75 Å². The zero-order valence-corrected chi connectivity index (χ0v) is 19.7. The lowest BCUT2D eigenvalue weighted by molar-refractivity contribution is -0.128. The molecule has 2 N–H and O–H groups in total. The monoisotopic (exact) mass is 479 g/mol. The first-order valence-corrected chi connectivity index (χ1v) is 11.7. The van der Waals surface area contributed by atoms with Gasteiger partial charge in [-0.15, -0.1) is 11.3 Å². The SMILES string of the molecule is Cc1cccc(N(OCc2cscn2)c2ncnc3cccc(OCCNC(=O)C(C)O)c23)c1. The molecule has 34 heavy (non-hydrogen) atoms. The molecule has 9 nitrogen and oxygen atoms in total. The first kappa shape index (κ1) is 23.6. The number of thiazole rings is 1. The van der Waals surface area contributed by atoms with E-state index >= 15 is 0 Å². The van der Waals surface area contributed by atoms with Gasteiger partial charge in [0.25, 0.3) is 0 Å². The van der Waals surface area contributed by atoms with Gasteiger partial charge in [0.2, 0.25) is 5.91 Å². The van der Waals surface area contributed by atoms with E-state index in [1.807, 2.05) is 54.8 Å². The molecule has 0 aliphatic carbocycles. The third-order valence-corrected chi connectivity index (χ3v) is 5.53. The van der Waals surface area contributed by atoms with Crippen molar-refractivity contribution in [2.75, 3.05) is 18.2 Å². The predicted molar refractivity (Wildman–Crippen MR) is 130 cm³/mol. The zero-order valence-electron chi connectivity index (χ0n) is 18.8. The summed E-state index contributed by atoms with van der Waals surface area (Å²) in [4.78, 5) is 31.1. The Bertz CT molecular complexity index is 1240. The maximum atomic E-state index is 11.6. The minimum Gasteiger partial charge on any atom is -0.491 e. The maximum absolute atomic E-state index is 11.6. The van der Waals surface area contributed by atoms with E-state index in [0.29, 0.717) is 22.5 Å². The molecule has 0 aliphatic heterocycles. The van der Waals surface area contributed by atoms with E-state index < -0.39 is 12.0 Å². The number of aryl methyl sites for hydroxylation is 1. The van der Waals surface area contributed by atoms with Gasteiger partial charge in [-0.05, 0) is 43.7 Å².